The summed E-state index contributed by atoms with van der Waals surface area (Å²) in [6.45, 7) is 5.00. The smallest absolute Gasteiger partial charge is 0.251 e. The lowest BCUT2D eigenvalue weighted by Gasteiger charge is -2.09. The van der Waals surface area contributed by atoms with Crippen LogP contribution in [0.4, 0.5) is 0 Å². The zero-order chi connectivity index (χ0) is 15.9. The van der Waals surface area contributed by atoms with Gasteiger partial charge >= 0.3 is 0 Å². The predicted molar refractivity (Wildman–Crippen MR) is 86.5 cm³/mol. The number of aryl methyl sites for hydroxylation is 1. The molecule has 0 aliphatic heterocycles. The second-order valence-corrected chi connectivity index (χ2v) is 4.94. The highest BCUT2D eigenvalue weighted by Gasteiger charge is 2.08. The molecule has 2 rings (SSSR count). The van der Waals surface area contributed by atoms with Gasteiger partial charge in [0.1, 0.15) is 11.5 Å². The highest BCUT2D eigenvalue weighted by atomic mass is 16.5. The molecular formula is C18H21NO3. The van der Waals surface area contributed by atoms with E-state index in [1.807, 2.05) is 44.2 Å². The summed E-state index contributed by atoms with van der Waals surface area (Å²) in [5.41, 5.74) is 2.60. The Morgan fingerprint density at radius 3 is 2.45 bits per heavy atom. The fourth-order valence-electron chi connectivity index (χ4n) is 2.17. The Balaban J connectivity index is 1.96. The van der Waals surface area contributed by atoms with Crippen LogP contribution in [0.5, 0.6) is 11.5 Å². The fraction of sp³-hybridized carbons (Fsp3) is 0.278. The molecule has 0 bridgehead atoms. The van der Waals surface area contributed by atoms with Gasteiger partial charge in [-0.25, -0.2) is 0 Å². The summed E-state index contributed by atoms with van der Waals surface area (Å²) in [7, 11) is 1.62. The Morgan fingerprint density at radius 1 is 1.14 bits per heavy atom. The largest absolute Gasteiger partial charge is 0.496 e. The van der Waals surface area contributed by atoms with E-state index in [0.29, 0.717) is 18.7 Å². The Morgan fingerprint density at radius 2 is 1.86 bits per heavy atom. The van der Waals surface area contributed by atoms with E-state index in [0.717, 1.165) is 22.6 Å². The molecule has 1 N–H and O–H groups in total. The molecule has 0 atom stereocenters. The zero-order valence-electron chi connectivity index (χ0n) is 13.2. The second-order valence-electron chi connectivity index (χ2n) is 4.94. The summed E-state index contributed by atoms with van der Waals surface area (Å²) < 4.78 is 10.6. The average molecular weight is 299 g/mol. The van der Waals surface area contributed by atoms with E-state index in [9.17, 15) is 4.79 Å². The Hall–Kier alpha value is -2.49. The topological polar surface area (TPSA) is 47.6 Å². The van der Waals surface area contributed by atoms with E-state index in [1.54, 1.807) is 19.2 Å². The molecule has 0 aliphatic rings. The molecule has 4 heteroatoms. The summed E-state index contributed by atoms with van der Waals surface area (Å²) in [5.74, 6) is 1.52. The van der Waals surface area contributed by atoms with Gasteiger partial charge in [-0.3, -0.25) is 4.79 Å². The van der Waals surface area contributed by atoms with Crippen molar-refractivity contribution in [2.24, 2.45) is 0 Å². The number of hydrogen-bond donors (Lipinski definition) is 1. The minimum atomic E-state index is -0.0976. The SMILES string of the molecule is CCOc1ccc(CNC(=O)c2ccc(OC)c(C)c2)cc1. The molecule has 2 aromatic carbocycles. The molecular weight excluding hydrogens is 278 g/mol. The lowest BCUT2D eigenvalue weighted by atomic mass is 10.1. The molecule has 0 saturated carbocycles. The van der Waals surface area contributed by atoms with Crippen LogP contribution in [0.15, 0.2) is 42.5 Å². The summed E-state index contributed by atoms with van der Waals surface area (Å²) in [6, 6.07) is 13.1. The van der Waals surface area contributed by atoms with Gasteiger partial charge in [-0.2, -0.15) is 0 Å². The average Bonchev–Trinajstić information content (AvgIpc) is 2.54. The van der Waals surface area contributed by atoms with Gasteiger partial charge in [0, 0.05) is 12.1 Å². The third-order valence-electron chi connectivity index (χ3n) is 3.34. The standard InChI is InChI=1S/C18H21NO3/c1-4-22-16-8-5-14(6-9-16)12-19-18(20)15-7-10-17(21-3)13(2)11-15/h5-11H,4,12H2,1-3H3,(H,19,20). The molecule has 0 saturated heterocycles. The van der Waals surface area contributed by atoms with E-state index < -0.39 is 0 Å². The molecule has 116 valence electrons. The van der Waals surface area contributed by atoms with Crippen LogP contribution in [0, 0.1) is 6.92 Å². The van der Waals surface area contributed by atoms with Crippen LogP contribution in [0.2, 0.25) is 0 Å². The van der Waals surface area contributed by atoms with E-state index in [2.05, 4.69) is 5.32 Å². The van der Waals surface area contributed by atoms with Crippen LogP contribution in [0.3, 0.4) is 0 Å². The minimum Gasteiger partial charge on any atom is -0.496 e. The van der Waals surface area contributed by atoms with Crippen molar-refractivity contribution >= 4 is 5.91 Å². The lowest BCUT2D eigenvalue weighted by Crippen LogP contribution is -2.22. The molecule has 0 heterocycles. The Labute approximate surface area is 131 Å². The van der Waals surface area contributed by atoms with Gasteiger partial charge in [-0.1, -0.05) is 12.1 Å². The summed E-state index contributed by atoms with van der Waals surface area (Å²) in [5, 5.41) is 2.91. The number of methoxy groups -OCH3 is 1. The normalized spacial score (nSPS) is 10.1. The number of nitrogens with one attached hydrogen (secondary N) is 1. The molecule has 0 spiro atoms. The third-order valence-corrected chi connectivity index (χ3v) is 3.34. The van der Waals surface area contributed by atoms with Crippen molar-refractivity contribution in [2.45, 2.75) is 20.4 Å². The van der Waals surface area contributed by atoms with Gasteiger partial charge in [-0.15, -0.1) is 0 Å². The van der Waals surface area contributed by atoms with E-state index in [4.69, 9.17) is 9.47 Å². The van der Waals surface area contributed by atoms with Crippen LogP contribution < -0.4 is 14.8 Å². The van der Waals surface area contributed by atoms with Crippen LogP contribution in [-0.4, -0.2) is 19.6 Å². The van der Waals surface area contributed by atoms with Crippen molar-refractivity contribution in [3.8, 4) is 11.5 Å². The van der Waals surface area contributed by atoms with Gasteiger partial charge in [0.05, 0.1) is 13.7 Å². The number of carbonyl (C=O) groups excluding carboxylic acids is 1. The zero-order valence-corrected chi connectivity index (χ0v) is 13.2. The van der Waals surface area contributed by atoms with E-state index >= 15 is 0 Å². The summed E-state index contributed by atoms with van der Waals surface area (Å²) >= 11 is 0. The highest BCUT2D eigenvalue weighted by Crippen LogP contribution is 2.18. The van der Waals surface area contributed by atoms with E-state index in [-0.39, 0.29) is 5.91 Å². The van der Waals surface area contributed by atoms with Gasteiger partial charge in [0.2, 0.25) is 0 Å². The van der Waals surface area contributed by atoms with Gasteiger partial charge in [-0.05, 0) is 55.3 Å². The maximum atomic E-state index is 12.2. The molecule has 0 fully saturated rings. The van der Waals surface area contributed by atoms with Crippen molar-refractivity contribution < 1.29 is 14.3 Å². The Bertz CT molecular complexity index is 635. The van der Waals surface area contributed by atoms with Crippen LogP contribution >= 0.6 is 0 Å². The fourth-order valence-corrected chi connectivity index (χ4v) is 2.17. The van der Waals surface area contributed by atoms with Crippen LogP contribution in [0.25, 0.3) is 0 Å². The summed E-state index contributed by atoms with van der Waals surface area (Å²) in [6.07, 6.45) is 0. The molecule has 0 aliphatic carbocycles. The van der Waals surface area contributed by atoms with Crippen molar-refractivity contribution in [3.05, 3.63) is 59.2 Å². The molecule has 4 nitrogen and oxygen atoms in total. The summed E-state index contributed by atoms with van der Waals surface area (Å²) in [4.78, 5) is 12.2. The number of hydrogen-bond acceptors (Lipinski definition) is 3. The van der Waals surface area contributed by atoms with Crippen LogP contribution in [-0.2, 0) is 6.54 Å². The molecule has 0 radical (unpaired) electrons. The first-order chi connectivity index (χ1) is 10.6. The highest BCUT2D eigenvalue weighted by molar-refractivity contribution is 5.94. The van der Waals surface area contributed by atoms with Crippen molar-refractivity contribution in [1.82, 2.24) is 5.32 Å². The molecule has 0 aromatic heterocycles. The predicted octanol–water partition coefficient (Wildman–Crippen LogP) is 3.33. The van der Waals surface area contributed by atoms with Gasteiger partial charge in [0.25, 0.3) is 5.91 Å². The number of amides is 1. The third kappa shape index (κ3) is 4.01. The minimum absolute atomic E-state index is 0.0976. The maximum absolute atomic E-state index is 12.2. The van der Waals surface area contributed by atoms with E-state index in [1.165, 1.54) is 0 Å². The molecule has 0 unspecified atom stereocenters. The first kappa shape index (κ1) is 15.9. The van der Waals surface area contributed by atoms with Crippen molar-refractivity contribution in [2.75, 3.05) is 13.7 Å². The number of benzene rings is 2. The molecule has 22 heavy (non-hydrogen) atoms. The quantitative estimate of drug-likeness (QED) is 0.890. The maximum Gasteiger partial charge on any atom is 0.251 e. The van der Waals surface area contributed by atoms with Crippen molar-refractivity contribution in [3.63, 3.8) is 0 Å². The monoisotopic (exact) mass is 299 g/mol. The number of carbonyl (C=O) groups is 1. The lowest BCUT2D eigenvalue weighted by molar-refractivity contribution is 0.0951. The molecule has 2 aromatic rings. The number of rotatable bonds is 6. The number of ether oxygens (including phenoxy) is 2. The molecule has 1 amide bonds. The second kappa shape index (κ2) is 7.50. The van der Waals surface area contributed by atoms with Crippen LogP contribution in [0.1, 0.15) is 28.4 Å². The first-order valence-corrected chi connectivity index (χ1v) is 7.28. The Kier molecular flexibility index (Phi) is 5.42. The first-order valence-electron chi connectivity index (χ1n) is 7.28. The van der Waals surface area contributed by atoms with Gasteiger partial charge in [0.15, 0.2) is 0 Å². The van der Waals surface area contributed by atoms with Crippen molar-refractivity contribution in [1.29, 1.82) is 0 Å². The van der Waals surface area contributed by atoms with Gasteiger partial charge < -0.3 is 14.8 Å².